The van der Waals surface area contributed by atoms with Gasteiger partial charge in [-0.2, -0.15) is 0 Å². The molecule has 0 unspecified atom stereocenters. The minimum atomic E-state index is 0.560. The second-order valence-corrected chi connectivity index (χ2v) is 8.06. The summed E-state index contributed by atoms with van der Waals surface area (Å²) in [6.45, 7) is 6.68. The van der Waals surface area contributed by atoms with Crippen molar-refractivity contribution in [2.45, 2.75) is 45.4 Å². The molecular formula is C21H25N3S. The fourth-order valence-electron chi connectivity index (χ4n) is 3.64. The molecule has 4 heteroatoms. The molecule has 0 atom stereocenters. The molecule has 1 aromatic carbocycles. The van der Waals surface area contributed by atoms with Crippen LogP contribution in [0.1, 0.15) is 51.0 Å². The highest BCUT2D eigenvalue weighted by Crippen LogP contribution is 2.38. The highest BCUT2D eigenvalue weighted by atomic mass is 32.1. The first-order valence-electron chi connectivity index (χ1n) is 9.31. The molecule has 0 radical (unpaired) electrons. The van der Waals surface area contributed by atoms with Crippen LogP contribution in [0.25, 0.3) is 21.3 Å². The maximum atomic E-state index is 4.70. The van der Waals surface area contributed by atoms with Crippen LogP contribution in [0.3, 0.4) is 0 Å². The zero-order valence-corrected chi connectivity index (χ0v) is 15.9. The van der Waals surface area contributed by atoms with E-state index in [2.05, 4.69) is 53.4 Å². The van der Waals surface area contributed by atoms with Crippen LogP contribution in [0.15, 0.2) is 36.0 Å². The third-order valence-corrected chi connectivity index (χ3v) is 6.03. The van der Waals surface area contributed by atoms with Gasteiger partial charge in [0.05, 0.1) is 5.39 Å². The predicted octanol–water partition coefficient (Wildman–Crippen LogP) is 5.86. The number of benzene rings is 1. The first kappa shape index (κ1) is 16.5. The number of hydrogen-bond donors (Lipinski definition) is 0. The van der Waals surface area contributed by atoms with Crippen molar-refractivity contribution in [3.8, 4) is 11.1 Å². The van der Waals surface area contributed by atoms with Gasteiger partial charge in [0.15, 0.2) is 0 Å². The lowest BCUT2D eigenvalue weighted by Gasteiger charge is -2.22. The summed E-state index contributed by atoms with van der Waals surface area (Å²) in [5.41, 5.74) is 3.92. The zero-order valence-electron chi connectivity index (χ0n) is 15.0. The van der Waals surface area contributed by atoms with Gasteiger partial charge in [0.2, 0.25) is 0 Å². The molecule has 3 nitrogen and oxygen atoms in total. The summed E-state index contributed by atoms with van der Waals surface area (Å²) >= 11 is 1.72. The Labute approximate surface area is 153 Å². The maximum Gasteiger partial charge on any atom is 0.141 e. The summed E-state index contributed by atoms with van der Waals surface area (Å²) in [6, 6.07) is 8.99. The van der Waals surface area contributed by atoms with Gasteiger partial charge in [-0.25, -0.2) is 9.97 Å². The standard InChI is InChI=1S/C21H25N3S/c1-15(2)16-7-9-17(10-8-16)18-13-25-21-19(18)20(22-14-23-21)24-11-5-3-4-6-12-24/h7-10,13-15H,3-6,11-12H2,1-2H3. The third-order valence-electron chi connectivity index (χ3n) is 5.14. The van der Waals surface area contributed by atoms with Crippen molar-refractivity contribution in [2.75, 3.05) is 18.0 Å². The number of aromatic nitrogens is 2. The van der Waals surface area contributed by atoms with Gasteiger partial charge in [0, 0.05) is 24.0 Å². The van der Waals surface area contributed by atoms with Crippen molar-refractivity contribution in [3.63, 3.8) is 0 Å². The molecule has 0 bridgehead atoms. The van der Waals surface area contributed by atoms with E-state index in [0.29, 0.717) is 5.92 Å². The summed E-state index contributed by atoms with van der Waals surface area (Å²) in [7, 11) is 0. The number of anilines is 1. The number of rotatable bonds is 3. The fraction of sp³-hybridized carbons (Fsp3) is 0.429. The Kier molecular flexibility index (Phi) is 4.71. The van der Waals surface area contributed by atoms with Crippen molar-refractivity contribution in [1.29, 1.82) is 0 Å². The highest BCUT2D eigenvalue weighted by Gasteiger charge is 2.19. The van der Waals surface area contributed by atoms with E-state index in [0.717, 1.165) is 23.7 Å². The molecule has 0 N–H and O–H groups in total. The lowest BCUT2D eigenvalue weighted by atomic mass is 9.99. The minimum Gasteiger partial charge on any atom is -0.356 e. The van der Waals surface area contributed by atoms with Crippen LogP contribution in [-0.4, -0.2) is 23.1 Å². The van der Waals surface area contributed by atoms with Crippen LogP contribution in [0.5, 0.6) is 0 Å². The minimum absolute atomic E-state index is 0.560. The Morgan fingerprint density at radius 2 is 1.68 bits per heavy atom. The Balaban J connectivity index is 1.79. The molecule has 0 spiro atoms. The normalized spacial score (nSPS) is 15.7. The van der Waals surface area contributed by atoms with Crippen LogP contribution in [0, 0.1) is 0 Å². The summed E-state index contributed by atoms with van der Waals surface area (Å²) in [4.78, 5) is 12.8. The average Bonchev–Trinajstić information content (AvgIpc) is 2.88. The molecule has 0 aliphatic carbocycles. The van der Waals surface area contributed by atoms with Crippen LogP contribution in [0.2, 0.25) is 0 Å². The molecule has 4 rings (SSSR count). The molecular weight excluding hydrogens is 326 g/mol. The van der Waals surface area contributed by atoms with Gasteiger partial charge in [0.25, 0.3) is 0 Å². The molecule has 1 aliphatic heterocycles. The number of hydrogen-bond acceptors (Lipinski definition) is 4. The fourth-order valence-corrected chi connectivity index (χ4v) is 4.55. The van der Waals surface area contributed by atoms with Crippen molar-refractivity contribution >= 4 is 27.4 Å². The second-order valence-electron chi connectivity index (χ2n) is 7.20. The van der Waals surface area contributed by atoms with E-state index in [1.54, 1.807) is 17.7 Å². The van der Waals surface area contributed by atoms with Crippen molar-refractivity contribution in [3.05, 3.63) is 41.5 Å². The van der Waals surface area contributed by atoms with Gasteiger partial charge in [-0.15, -0.1) is 11.3 Å². The molecule has 3 heterocycles. The Morgan fingerprint density at radius 3 is 2.36 bits per heavy atom. The van der Waals surface area contributed by atoms with Gasteiger partial charge in [0.1, 0.15) is 17.0 Å². The van der Waals surface area contributed by atoms with Gasteiger partial charge in [-0.1, -0.05) is 51.0 Å². The van der Waals surface area contributed by atoms with Crippen LogP contribution in [-0.2, 0) is 0 Å². The Bertz CT molecular complexity index is 843. The smallest absolute Gasteiger partial charge is 0.141 e. The van der Waals surface area contributed by atoms with E-state index in [9.17, 15) is 0 Å². The van der Waals surface area contributed by atoms with E-state index in [4.69, 9.17) is 4.98 Å². The summed E-state index contributed by atoms with van der Waals surface area (Å²) < 4.78 is 0. The summed E-state index contributed by atoms with van der Waals surface area (Å²) in [6.07, 6.45) is 6.91. The van der Waals surface area contributed by atoms with E-state index in [-0.39, 0.29) is 0 Å². The van der Waals surface area contributed by atoms with Crippen molar-refractivity contribution in [2.24, 2.45) is 0 Å². The first-order chi connectivity index (χ1) is 12.2. The SMILES string of the molecule is CC(C)c1ccc(-c2csc3ncnc(N4CCCCCC4)c23)cc1. The molecule has 3 aromatic rings. The number of nitrogens with zero attached hydrogens (tertiary/aromatic N) is 3. The van der Waals surface area contributed by atoms with Crippen LogP contribution >= 0.6 is 11.3 Å². The van der Waals surface area contributed by atoms with E-state index in [1.807, 2.05) is 0 Å². The van der Waals surface area contributed by atoms with Gasteiger partial charge < -0.3 is 4.90 Å². The van der Waals surface area contributed by atoms with Gasteiger partial charge in [-0.3, -0.25) is 0 Å². The second kappa shape index (κ2) is 7.12. The molecule has 1 aliphatic rings. The largest absolute Gasteiger partial charge is 0.356 e. The van der Waals surface area contributed by atoms with E-state index >= 15 is 0 Å². The topological polar surface area (TPSA) is 29.0 Å². The molecule has 0 amide bonds. The number of fused-ring (bicyclic) bond motifs is 1. The van der Waals surface area contributed by atoms with Gasteiger partial charge >= 0.3 is 0 Å². The molecule has 0 saturated carbocycles. The lowest BCUT2D eigenvalue weighted by Crippen LogP contribution is -2.25. The maximum absolute atomic E-state index is 4.70. The molecule has 25 heavy (non-hydrogen) atoms. The molecule has 2 aromatic heterocycles. The predicted molar refractivity (Wildman–Crippen MR) is 108 cm³/mol. The van der Waals surface area contributed by atoms with Crippen molar-refractivity contribution in [1.82, 2.24) is 9.97 Å². The van der Waals surface area contributed by atoms with Crippen LogP contribution in [0.4, 0.5) is 5.82 Å². The molecule has 1 fully saturated rings. The van der Waals surface area contributed by atoms with E-state index < -0.39 is 0 Å². The average molecular weight is 352 g/mol. The summed E-state index contributed by atoms with van der Waals surface area (Å²) in [5, 5.41) is 3.47. The van der Waals surface area contributed by atoms with E-state index in [1.165, 1.54) is 47.8 Å². The third kappa shape index (κ3) is 3.28. The monoisotopic (exact) mass is 351 g/mol. The van der Waals surface area contributed by atoms with Crippen LogP contribution < -0.4 is 4.90 Å². The molecule has 1 saturated heterocycles. The van der Waals surface area contributed by atoms with Gasteiger partial charge in [-0.05, 0) is 29.9 Å². The molecule has 130 valence electrons. The first-order valence-corrected chi connectivity index (χ1v) is 10.2. The lowest BCUT2D eigenvalue weighted by molar-refractivity contribution is 0.726. The Morgan fingerprint density at radius 1 is 0.960 bits per heavy atom. The van der Waals surface area contributed by atoms with Crippen molar-refractivity contribution < 1.29 is 0 Å². The zero-order chi connectivity index (χ0) is 17.2. The quantitative estimate of drug-likeness (QED) is 0.591. The summed E-state index contributed by atoms with van der Waals surface area (Å²) in [5.74, 6) is 1.68. The highest BCUT2D eigenvalue weighted by molar-refractivity contribution is 7.17. The Hall–Kier alpha value is -1.94. The number of thiophene rings is 1.